The molecule has 1 fully saturated rings. The molecule has 0 amide bonds. The molecule has 2 aliphatic rings. The van der Waals surface area contributed by atoms with Crippen molar-refractivity contribution in [3.63, 3.8) is 0 Å². The first-order chi connectivity index (χ1) is 17.7. The number of fused-ring (bicyclic) bond motifs is 2. The Kier molecular flexibility index (Phi) is 8.30. The Morgan fingerprint density at radius 2 is 2.25 bits per heavy atom. The Hall–Kier alpha value is -2.75. The van der Waals surface area contributed by atoms with Gasteiger partial charge in [-0.1, -0.05) is 6.07 Å². The molecule has 1 saturated heterocycles. The fourth-order valence-electron chi connectivity index (χ4n) is 5.13. The summed E-state index contributed by atoms with van der Waals surface area (Å²) >= 11 is 1.62. The Labute approximate surface area is 216 Å². The van der Waals surface area contributed by atoms with Crippen molar-refractivity contribution >= 4 is 39.0 Å². The van der Waals surface area contributed by atoms with E-state index in [0.717, 1.165) is 79.9 Å². The lowest BCUT2D eigenvalue weighted by Crippen LogP contribution is -2.41. The van der Waals surface area contributed by atoms with E-state index in [1.165, 1.54) is 12.0 Å². The fraction of sp³-hybridized carbons (Fsp3) is 0.519. The summed E-state index contributed by atoms with van der Waals surface area (Å²) in [7, 11) is 0. The zero-order valence-electron chi connectivity index (χ0n) is 20.6. The molecule has 0 aromatic carbocycles. The zero-order chi connectivity index (χ0) is 24.7. The summed E-state index contributed by atoms with van der Waals surface area (Å²) in [5.74, 6) is 0.806. The van der Waals surface area contributed by atoms with E-state index < -0.39 is 12.0 Å². The molecule has 0 spiro atoms. The number of nitrogens with one attached hydrogen (secondary N) is 2. The zero-order valence-corrected chi connectivity index (χ0v) is 21.4. The van der Waals surface area contributed by atoms with Crippen LogP contribution >= 0.6 is 11.3 Å². The summed E-state index contributed by atoms with van der Waals surface area (Å²) in [6, 6.07) is 7.58. The van der Waals surface area contributed by atoms with Crippen LogP contribution in [0.5, 0.6) is 0 Å². The Balaban J connectivity index is 1.05. The van der Waals surface area contributed by atoms with Crippen LogP contribution in [0.15, 0.2) is 35.8 Å². The van der Waals surface area contributed by atoms with E-state index in [-0.39, 0.29) is 6.10 Å². The molecule has 5 rings (SSSR count). The highest BCUT2D eigenvalue weighted by Crippen LogP contribution is 2.26. The van der Waals surface area contributed by atoms with E-state index in [9.17, 15) is 9.90 Å². The summed E-state index contributed by atoms with van der Waals surface area (Å²) < 4.78 is 7.24. The van der Waals surface area contributed by atoms with Gasteiger partial charge in [-0.05, 0) is 80.8 Å². The lowest BCUT2D eigenvalue weighted by Gasteiger charge is -2.32. The monoisotopic (exact) mass is 509 g/mol. The number of thiophene rings is 1. The van der Waals surface area contributed by atoms with Crippen LogP contribution in [0, 0.1) is 0 Å². The maximum Gasteiger partial charge on any atom is 0.326 e. The second-order valence-corrected chi connectivity index (χ2v) is 10.6. The molecular weight excluding hydrogens is 474 g/mol. The van der Waals surface area contributed by atoms with Crippen molar-refractivity contribution in [1.82, 2.24) is 14.9 Å². The average molecular weight is 510 g/mol. The van der Waals surface area contributed by atoms with Crippen molar-refractivity contribution in [1.29, 1.82) is 0 Å². The van der Waals surface area contributed by atoms with Gasteiger partial charge in [-0.25, -0.2) is 14.8 Å². The van der Waals surface area contributed by atoms with Gasteiger partial charge >= 0.3 is 5.97 Å². The SMILES string of the molecule is O=C(O)[C@@H](CCO[C@@H]1CCCN(CCCc2ccc3c(n2)NCCC3)C1)Nc1nccc2sccc12. The van der Waals surface area contributed by atoms with Crippen LogP contribution in [-0.4, -0.2) is 70.9 Å². The number of pyridine rings is 2. The lowest BCUT2D eigenvalue weighted by atomic mass is 10.1. The van der Waals surface area contributed by atoms with E-state index in [1.54, 1.807) is 17.5 Å². The first-order valence-electron chi connectivity index (χ1n) is 13.0. The largest absolute Gasteiger partial charge is 0.480 e. The summed E-state index contributed by atoms with van der Waals surface area (Å²) in [5.41, 5.74) is 2.49. The number of carbonyl (C=O) groups is 1. The number of carboxylic acid groups (broad SMARTS) is 1. The van der Waals surface area contributed by atoms with E-state index in [4.69, 9.17) is 9.72 Å². The molecule has 0 aliphatic carbocycles. The van der Waals surface area contributed by atoms with Crippen molar-refractivity contribution in [2.45, 2.75) is 57.1 Å². The quantitative estimate of drug-likeness (QED) is 0.349. The summed E-state index contributed by atoms with van der Waals surface area (Å²) in [6.45, 7) is 4.45. The minimum Gasteiger partial charge on any atom is -0.480 e. The third-order valence-corrected chi connectivity index (χ3v) is 7.95. The van der Waals surface area contributed by atoms with Gasteiger partial charge in [-0.15, -0.1) is 11.3 Å². The molecule has 3 aromatic rings. The van der Waals surface area contributed by atoms with Crippen LogP contribution in [-0.2, 0) is 22.4 Å². The highest BCUT2D eigenvalue weighted by molar-refractivity contribution is 7.17. The van der Waals surface area contributed by atoms with Crippen molar-refractivity contribution in [3.05, 3.63) is 47.1 Å². The number of hydrogen-bond acceptors (Lipinski definition) is 8. The molecule has 5 heterocycles. The number of aryl methyl sites for hydroxylation is 2. The highest BCUT2D eigenvalue weighted by atomic mass is 32.1. The van der Waals surface area contributed by atoms with Crippen LogP contribution < -0.4 is 10.6 Å². The van der Waals surface area contributed by atoms with Crippen molar-refractivity contribution in [2.75, 3.05) is 43.4 Å². The van der Waals surface area contributed by atoms with E-state index >= 15 is 0 Å². The Bertz CT molecular complexity index is 1170. The van der Waals surface area contributed by atoms with Gasteiger partial charge in [0.15, 0.2) is 0 Å². The predicted molar refractivity (Wildman–Crippen MR) is 144 cm³/mol. The van der Waals surface area contributed by atoms with Crippen LogP contribution in [0.25, 0.3) is 10.1 Å². The number of anilines is 2. The maximum atomic E-state index is 11.9. The lowest BCUT2D eigenvalue weighted by molar-refractivity contribution is -0.138. The number of carboxylic acids is 1. The molecular formula is C27H35N5O3S. The molecule has 0 bridgehead atoms. The fourth-order valence-corrected chi connectivity index (χ4v) is 5.91. The number of aromatic nitrogens is 2. The number of likely N-dealkylation sites (tertiary alicyclic amines) is 1. The smallest absolute Gasteiger partial charge is 0.326 e. The molecule has 2 aliphatic heterocycles. The second-order valence-electron chi connectivity index (χ2n) is 9.70. The van der Waals surface area contributed by atoms with Gasteiger partial charge in [-0.2, -0.15) is 0 Å². The van der Waals surface area contributed by atoms with Gasteiger partial charge < -0.3 is 25.4 Å². The maximum absolute atomic E-state index is 11.9. The summed E-state index contributed by atoms with van der Waals surface area (Å²) in [6.07, 6.45) is 8.75. The van der Waals surface area contributed by atoms with Crippen molar-refractivity contribution < 1.29 is 14.6 Å². The molecule has 3 N–H and O–H groups in total. The van der Waals surface area contributed by atoms with E-state index in [1.807, 2.05) is 17.5 Å². The standard InChI is InChI=1S/C27H35N5O3S/c33-27(34)23(31-26-22-11-17-36-24(22)9-13-29-26)10-16-35-21-6-3-15-32(18-21)14-2-5-20-8-7-19-4-1-12-28-25(19)30-20/h7-9,11,13,17,21,23H,1-6,10,12,14-16,18H2,(H,28,30)(H,29,31)(H,33,34)/t21-,23-/m1/s1. The van der Waals surface area contributed by atoms with Gasteiger partial charge in [0, 0.05) is 48.1 Å². The third-order valence-electron chi connectivity index (χ3n) is 7.07. The minimum atomic E-state index is -0.885. The summed E-state index contributed by atoms with van der Waals surface area (Å²) in [5, 5.41) is 19.2. The molecule has 36 heavy (non-hydrogen) atoms. The molecule has 9 heteroatoms. The van der Waals surface area contributed by atoms with Crippen molar-refractivity contribution in [3.8, 4) is 0 Å². The number of nitrogens with zero attached hydrogens (tertiary/aromatic N) is 3. The Morgan fingerprint density at radius 3 is 3.17 bits per heavy atom. The molecule has 3 aromatic heterocycles. The Morgan fingerprint density at radius 1 is 1.31 bits per heavy atom. The normalized spacial score (nSPS) is 18.9. The molecule has 2 atom stereocenters. The van der Waals surface area contributed by atoms with Crippen LogP contribution in [0.4, 0.5) is 11.6 Å². The predicted octanol–water partition coefficient (Wildman–Crippen LogP) is 4.42. The molecule has 0 radical (unpaired) electrons. The average Bonchev–Trinajstić information content (AvgIpc) is 3.38. The molecule has 8 nitrogen and oxygen atoms in total. The first kappa shape index (κ1) is 24.9. The second kappa shape index (κ2) is 12.0. The molecule has 0 unspecified atom stereocenters. The van der Waals surface area contributed by atoms with E-state index in [0.29, 0.717) is 18.8 Å². The van der Waals surface area contributed by atoms with Gasteiger partial charge in [0.25, 0.3) is 0 Å². The van der Waals surface area contributed by atoms with Gasteiger partial charge in [0.2, 0.25) is 0 Å². The number of rotatable bonds is 11. The van der Waals surface area contributed by atoms with Gasteiger partial charge in [0.05, 0.1) is 6.10 Å². The number of piperidine rings is 1. The van der Waals surface area contributed by atoms with Crippen LogP contribution in [0.1, 0.15) is 43.4 Å². The number of aliphatic carboxylic acids is 1. The highest BCUT2D eigenvalue weighted by Gasteiger charge is 2.23. The first-order valence-corrected chi connectivity index (χ1v) is 13.9. The molecule has 192 valence electrons. The third kappa shape index (κ3) is 6.32. The van der Waals surface area contributed by atoms with Gasteiger partial charge in [-0.3, -0.25) is 0 Å². The summed E-state index contributed by atoms with van der Waals surface area (Å²) in [4.78, 5) is 23.5. The van der Waals surface area contributed by atoms with Crippen LogP contribution in [0.3, 0.4) is 0 Å². The van der Waals surface area contributed by atoms with Crippen molar-refractivity contribution in [2.24, 2.45) is 0 Å². The van der Waals surface area contributed by atoms with Gasteiger partial charge in [0.1, 0.15) is 17.7 Å². The number of ether oxygens (including phenoxy) is 1. The minimum absolute atomic E-state index is 0.151. The topological polar surface area (TPSA) is 99.6 Å². The molecule has 0 saturated carbocycles. The van der Waals surface area contributed by atoms with E-state index in [2.05, 4.69) is 32.7 Å². The van der Waals surface area contributed by atoms with Crippen LogP contribution in [0.2, 0.25) is 0 Å². The number of hydrogen-bond donors (Lipinski definition) is 3.